The summed E-state index contributed by atoms with van der Waals surface area (Å²) < 4.78 is 0. The van der Waals surface area contributed by atoms with Crippen molar-refractivity contribution in [1.29, 1.82) is 0 Å². The molecule has 0 fully saturated rings. The molecule has 4 heteroatoms. The van der Waals surface area contributed by atoms with Gasteiger partial charge in [0.05, 0.1) is 0 Å². The number of carboxylic acids is 1. The molecule has 0 heterocycles. The van der Waals surface area contributed by atoms with E-state index in [1.165, 1.54) is 19.1 Å². The van der Waals surface area contributed by atoms with Crippen molar-refractivity contribution in [2.75, 3.05) is 0 Å². The molecule has 0 aromatic heterocycles. The molecule has 1 aromatic rings. The first kappa shape index (κ1) is 9.86. The molecule has 0 aliphatic rings. The molecule has 0 saturated heterocycles. The maximum absolute atomic E-state index is 10.7. The maximum Gasteiger partial charge on any atom is 0.329 e. The molecule has 13 heavy (non-hydrogen) atoms. The third-order valence-corrected chi connectivity index (χ3v) is 2.18. The molecule has 0 spiro atoms. The van der Waals surface area contributed by atoms with Gasteiger partial charge in [-0.05, 0) is 13.0 Å². The summed E-state index contributed by atoms with van der Waals surface area (Å²) in [6, 6.07) is 6.11. The largest absolute Gasteiger partial charge is 0.508 e. The fourth-order valence-corrected chi connectivity index (χ4v) is 1.15. The Balaban J connectivity index is 3.22. The molecule has 1 rings (SSSR count). The first-order valence-electron chi connectivity index (χ1n) is 3.67. The number of hydrogen-bond donors (Lipinski definition) is 2. The third-order valence-electron chi connectivity index (χ3n) is 1.81. The average molecular weight is 201 g/mol. The number of alkyl halides is 1. The normalized spacial score (nSPS) is 14.9. The van der Waals surface area contributed by atoms with Gasteiger partial charge in [0.1, 0.15) is 5.75 Å². The first-order chi connectivity index (χ1) is 5.96. The number of para-hydroxylation sites is 1. The monoisotopic (exact) mass is 200 g/mol. The maximum atomic E-state index is 10.7. The Bertz CT molecular complexity index is 333. The van der Waals surface area contributed by atoms with Gasteiger partial charge in [-0.15, -0.1) is 11.6 Å². The van der Waals surface area contributed by atoms with E-state index in [2.05, 4.69) is 0 Å². The lowest BCUT2D eigenvalue weighted by atomic mass is 9.99. The van der Waals surface area contributed by atoms with Crippen LogP contribution >= 0.6 is 11.6 Å². The van der Waals surface area contributed by atoms with E-state index in [0.29, 0.717) is 0 Å². The molecular weight excluding hydrogens is 192 g/mol. The van der Waals surface area contributed by atoms with Crippen LogP contribution in [-0.2, 0) is 9.67 Å². The van der Waals surface area contributed by atoms with Crippen LogP contribution in [0.1, 0.15) is 12.5 Å². The molecule has 2 N–H and O–H groups in total. The summed E-state index contributed by atoms with van der Waals surface area (Å²) in [5.74, 6) is -1.29. The highest BCUT2D eigenvalue weighted by atomic mass is 35.5. The Labute approximate surface area is 80.6 Å². The van der Waals surface area contributed by atoms with Gasteiger partial charge < -0.3 is 10.2 Å². The lowest BCUT2D eigenvalue weighted by Gasteiger charge is -2.17. The lowest BCUT2D eigenvalue weighted by Crippen LogP contribution is -2.25. The summed E-state index contributed by atoms with van der Waals surface area (Å²) in [6.07, 6.45) is 0. The second-order valence-electron chi connectivity index (χ2n) is 2.83. The summed E-state index contributed by atoms with van der Waals surface area (Å²) in [5, 5.41) is 18.1. The van der Waals surface area contributed by atoms with E-state index in [4.69, 9.17) is 16.7 Å². The van der Waals surface area contributed by atoms with Crippen molar-refractivity contribution in [3.8, 4) is 5.75 Å². The van der Waals surface area contributed by atoms with Crippen molar-refractivity contribution in [2.24, 2.45) is 0 Å². The quantitative estimate of drug-likeness (QED) is 0.718. The standard InChI is InChI=1S/C9H9ClO3/c1-9(10,8(12)13)6-4-2-3-5-7(6)11/h2-5,11H,1H3,(H,12,13). The van der Waals surface area contributed by atoms with Crippen molar-refractivity contribution in [2.45, 2.75) is 11.8 Å². The van der Waals surface area contributed by atoms with E-state index in [9.17, 15) is 9.90 Å². The van der Waals surface area contributed by atoms with E-state index in [0.717, 1.165) is 0 Å². The van der Waals surface area contributed by atoms with Crippen LogP contribution in [0.15, 0.2) is 24.3 Å². The van der Waals surface area contributed by atoms with Gasteiger partial charge in [0, 0.05) is 5.56 Å². The van der Waals surface area contributed by atoms with Crippen LogP contribution in [0, 0.1) is 0 Å². The van der Waals surface area contributed by atoms with Crippen molar-refractivity contribution in [3.63, 3.8) is 0 Å². The molecule has 3 nitrogen and oxygen atoms in total. The Morgan fingerprint density at radius 1 is 1.46 bits per heavy atom. The highest BCUT2D eigenvalue weighted by Crippen LogP contribution is 2.34. The fourth-order valence-electron chi connectivity index (χ4n) is 0.986. The Kier molecular flexibility index (Phi) is 2.48. The third kappa shape index (κ3) is 1.75. The summed E-state index contributed by atoms with van der Waals surface area (Å²) in [7, 11) is 0. The molecule has 70 valence electrons. The van der Waals surface area contributed by atoms with Gasteiger partial charge in [-0.1, -0.05) is 18.2 Å². The number of carbonyl (C=O) groups is 1. The molecule has 0 radical (unpaired) electrons. The minimum absolute atomic E-state index is 0.109. The molecule has 0 aliphatic heterocycles. The number of benzene rings is 1. The van der Waals surface area contributed by atoms with Crippen LogP contribution in [0.25, 0.3) is 0 Å². The molecule has 1 atom stereocenters. The van der Waals surface area contributed by atoms with Crippen LogP contribution < -0.4 is 0 Å². The van der Waals surface area contributed by atoms with Gasteiger partial charge in [-0.3, -0.25) is 0 Å². The van der Waals surface area contributed by atoms with Crippen molar-refractivity contribution < 1.29 is 15.0 Å². The number of halogens is 1. The van der Waals surface area contributed by atoms with Gasteiger partial charge in [-0.2, -0.15) is 0 Å². The highest BCUT2D eigenvalue weighted by Gasteiger charge is 2.34. The first-order valence-corrected chi connectivity index (χ1v) is 4.05. The minimum atomic E-state index is -1.58. The zero-order valence-corrected chi connectivity index (χ0v) is 7.75. The predicted molar refractivity (Wildman–Crippen MR) is 48.9 cm³/mol. The smallest absolute Gasteiger partial charge is 0.329 e. The van der Waals surface area contributed by atoms with Gasteiger partial charge in [0.15, 0.2) is 4.87 Å². The van der Waals surface area contributed by atoms with Crippen molar-refractivity contribution in [3.05, 3.63) is 29.8 Å². The van der Waals surface area contributed by atoms with Crippen molar-refractivity contribution >= 4 is 17.6 Å². The zero-order chi connectivity index (χ0) is 10.1. The number of hydrogen-bond acceptors (Lipinski definition) is 2. The molecule has 0 saturated carbocycles. The van der Waals surface area contributed by atoms with Crippen LogP contribution in [0.2, 0.25) is 0 Å². The molecule has 0 aliphatic carbocycles. The molecule has 0 bridgehead atoms. The van der Waals surface area contributed by atoms with Crippen LogP contribution in [0.3, 0.4) is 0 Å². The van der Waals surface area contributed by atoms with Crippen LogP contribution in [-0.4, -0.2) is 16.2 Å². The lowest BCUT2D eigenvalue weighted by molar-refractivity contribution is -0.140. The number of phenolic OH excluding ortho intramolecular Hbond substituents is 1. The Morgan fingerprint density at radius 3 is 2.46 bits per heavy atom. The number of phenols is 1. The SMILES string of the molecule is CC(Cl)(C(=O)O)c1ccccc1O. The van der Waals surface area contributed by atoms with Gasteiger partial charge in [0.2, 0.25) is 0 Å². The number of carboxylic acid groups (broad SMARTS) is 1. The minimum Gasteiger partial charge on any atom is -0.508 e. The predicted octanol–water partition coefficient (Wildman–Crippen LogP) is 1.93. The van der Waals surface area contributed by atoms with E-state index >= 15 is 0 Å². The van der Waals surface area contributed by atoms with Gasteiger partial charge in [-0.25, -0.2) is 4.79 Å². The zero-order valence-electron chi connectivity index (χ0n) is 6.99. The highest BCUT2D eigenvalue weighted by molar-refractivity contribution is 6.33. The van der Waals surface area contributed by atoms with Crippen LogP contribution in [0.5, 0.6) is 5.75 Å². The van der Waals surface area contributed by atoms with Gasteiger partial charge >= 0.3 is 5.97 Å². The van der Waals surface area contributed by atoms with E-state index in [-0.39, 0.29) is 11.3 Å². The average Bonchev–Trinajstić information content (AvgIpc) is 2.04. The molecule has 0 amide bonds. The van der Waals surface area contributed by atoms with Crippen LogP contribution in [0.4, 0.5) is 0 Å². The summed E-state index contributed by atoms with van der Waals surface area (Å²) >= 11 is 5.74. The van der Waals surface area contributed by atoms with E-state index in [1.807, 2.05) is 0 Å². The summed E-state index contributed by atoms with van der Waals surface area (Å²) in [5.41, 5.74) is 0.198. The van der Waals surface area contributed by atoms with E-state index < -0.39 is 10.8 Å². The van der Waals surface area contributed by atoms with Crippen molar-refractivity contribution in [1.82, 2.24) is 0 Å². The van der Waals surface area contributed by atoms with E-state index in [1.54, 1.807) is 12.1 Å². The number of rotatable bonds is 2. The molecule has 1 aromatic carbocycles. The number of aromatic hydroxyl groups is 1. The summed E-state index contributed by atoms with van der Waals surface area (Å²) in [4.78, 5) is 9.15. The second kappa shape index (κ2) is 3.26. The number of aliphatic carboxylic acids is 1. The fraction of sp³-hybridized carbons (Fsp3) is 0.222. The molecule has 1 unspecified atom stereocenters. The summed E-state index contributed by atoms with van der Waals surface area (Å²) in [6.45, 7) is 1.33. The molecular formula is C9H9ClO3. The Morgan fingerprint density at radius 2 is 2.00 bits per heavy atom. The topological polar surface area (TPSA) is 57.5 Å². The Hall–Kier alpha value is -1.22. The van der Waals surface area contributed by atoms with Gasteiger partial charge in [0.25, 0.3) is 0 Å². The second-order valence-corrected chi connectivity index (χ2v) is 3.58.